The molecule has 2 aliphatic heterocycles. The summed E-state index contributed by atoms with van der Waals surface area (Å²) in [5.41, 5.74) is 4.69. The van der Waals surface area contributed by atoms with Crippen LogP contribution in [-0.2, 0) is 21.2 Å². The molecule has 0 N–H and O–H groups in total. The number of hydrogen-bond acceptors (Lipinski definition) is 5. The van der Waals surface area contributed by atoms with Crippen molar-refractivity contribution in [1.29, 1.82) is 0 Å². The van der Waals surface area contributed by atoms with Crippen molar-refractivity contribution in [3.05, 3.63) is 66.4 Å². The molecule has 35 heavy (non-hydrogen) atoms. The van der Waals surface area contributed by atoms with Gasteiger partial charge in [0.05, 0.1) is 21.4 Å². The van der Waals surface area contributed by atoms with E-state index in [-0.39, 0.29) is 11.9 Å². The molecule has 2 aromatic carbocycles. The van der Waals surface area contributed by atoms with E-state index < -0.39 is 10.0 Å². The molecule has 0 bridgehead atoms. The first kappa shape index (κ1) is 22.1. The van der Waals surface area contributed by atoms with Crippen molar-refractivity contribution >= 4 is 44.0 Å². The number of amides is 1. The number of carbonyl (C=O) groups is 1. The van der Waals surface area contributed by atoms with Crippen molar-refractivity contribution in [3.8, 4) is 0 Å². The summed E-state index contributed by atoms with van der Waals surface area (Å²) in [4.78, 5) is 21.1. The van der Waals surface area contributed by atoms with Crippen LogP contribution in [0.25, 0.3) is 16.6 Å². The maximum absolute atomic E-state index is 13.5. The second kappa shape index (κ2) is 8.07. The number of carbonyl (C=O) groups excluding carboxylic acids is 1. The van der Waals surface area contributed by atoms with E-state index in [4.69, 9.17) is 4.98 Å². The van der Waals surface area contributed by atoms with E-state index in [1.165, 1.54) is 0 Å². The molecule has 0 aliphatic carbocycles. The van der Waals surface area contributed by atoms with Gasteiger partial charge in [-0.25, -0.2) is 13.4 Å². The van der Waals surface area contributed by atoms with Crippen molar-refractivity contribution in [2.75, 3.05) is 36.0 Å². The molecule has 9 heteroatoms. The van der Waals surface area contributed by atoms with Crippen LogP contribution in [-0.4, -0.2) is 60.2 Å². The lowest BCUT2D eigenvalue weighted by molar-refractivity contribution is -0.116. The predicted molar refractivity (Wildman–Crippen MR) is 136 cm³/mol. The van der Waals surface area contributed by atoms with Crippen molar-refractivity contribution in [2.24, 2.45) is 0 Å². The van der Waals surface area contributed by atoms with Crippen molar-refractivity contribution in [2.45, 2.75) is 31.2 Å². The highest BCUT2D eigenvalue weighted by Gasteiger charge is 2.33. The number of anilines is 2. The molecule has 1 fully saturated rings. The number of hydrogen-bond donors (Lipinski definition) is 0. The highest BCUT2D eigenvalue weighted by atomic mass is 32.2. The molecule has 1 amide bonds. The van der Waals surface area contributed by atoms with Gasteiger partial charge in [-0.15, -0.1) is 0 Å². The molecule has 1 saturated heterocycles. The van der Waals surface area contributed by atoms with Gasteiger partial charge in [0.2, 0.25) is 15.9 Å². The van der Waals surface area contributed by atoms with Crippen LogP contribution >= 0.6 is 0 Å². The number of aromatic nitrogens is 2. The Morgan fingerprint density at radius 2 is 1.71 bits per heavy atom. The number of para-hydroxylation sites is 2. The van der Waals surface area contributed by atoms with Crippen LogP contribution in [0.3, 0.4) is 0 Å². The van der Waals surface area contributed by atoms with E-state index in [0.29, 0.717) is 37.5 Å². The molecule has 1 atom stereocenters. The molecule has 0 radical (unpaired) electrons. The summed E-state index contributed by atoms with van der Waals surface area (Å²) >= 11 is 0. The predicted octanol–water partition coefficient (Wildman–Crippen LogP) is 3.30. The zero-order chi connectivity index (χ0) is 24.3. The molecule has 8 nitrogen and oxygen atoms in total. The molecule has 2 aliphatic rings. The lowest BCUT2D eigenvalue weighted by Crippen LogP contribution is -2.49. The standard InChI is InChI=1S/C26H27N5O3S/c1-18-16-20-17-21(9-10-23(20)31(18)19(2)32)35(33,34)29-14-12-28(13-15-29)26-25-8-5-11-30(25)24-7-4-3-6-22(24)27-26/h3-11,17-18H,12-16H2,1-2H3/t18-/m0/s1. The van der Waals surface area contributed by atoms with E-state index in [1.54, 1.807) is 34.3 Å². The van der Waals surface area contributed by atoms with Gasteiger partial charge in [0.1, 0.15) is 0 Å². The van der Waals surface area contributed by atoms with Crippen LogP contribution in [0.4, 0.5) is 11.5 Å². The Labute approximate surface area is 204 Å². The quantitative estimate of drug-likeness (QED) is 0.441. The number of nitrogens with zero attached hydrogens (tertiary/aromatic N) is 5. The van der Waals surface area contributed by atoms with E-state index in [1.807, 2.05) is 43.5 Å². The van der Waals surface area contributed by atoms with Crippen LogP contribution in [0.1, 0.15) is 19.4 Å². The second-order valence-corrected chi connectivity index (χ2v) is 11.2. The molecule has 0 spiro atoms. The Bertz CT molecular complexity index is 1570. The fraction of sp³-hybridized carbons (Fsp3) is 0.308. The Morgan fingerprint density at radius 1 is 0.971 bits per heavy atom. The summed E-state index contributed by atoms with van der Waals surface area (Å²) in [5, 5.41) is 0. The summed E-state index contributed by atoms with van der Waals surface area (Å²) in [6, 6.07) is 17.3. The van der Waals surface area contributed by atoms with Crippen molar-refractivity contribution < 1.29 is 13.2 Å². The number of rotatable bonds is 3. The topological polar surface area (TPSA) is 78.2 Å². The number of piperazine rings is 1. The van der Waals surface area contributed by atoms with Gasteiger partial charge in [-0.3, -0.25) is 4.79 Å². The largest absolute Gasteiger partial charge is 0.352 e. The maximum Gasteiger partial charge on any atom is 0.243 e. The highest BCUT2D eigenvalue weighted by Crippen LogP contribution is 2.35. The van der Waals surface area contributed by atoms with Gasteiger partial charge in [0.15, 0.2) is 5.82 Å². The lowest BCUT2D eigenvalue weighted by atomic mass is 10.1. The van der Waals surface area contributed by atoms with Crippen LogP contribution in [0.2, 0.25) is 0 Å². The normalized spacial score (nSPS) is 19.0. The van der Waals surface area contributed by atoms with Crippen molar-refractivity contribution in [3.63, 3.8) is 0 Å². The van der Waals surface area contributed by atoms with Gasteiger partial charge in [0, 0.05) is 51.0 Å². The molecule has 4 aromatic rings. The average molecular weight is 490 g/mol. The third-order valence-corrected chi connectivity index (χ3v) is 9.02. The maximum atomic E-state index is 13.5. The molecule has 0 saturated carbocycles. The zero-order valence-corrected chi connectivity index (χ0v) is 20.6. The summed E-state index contributed by atoms with van der Waals surface area (Å²) in [6.07, 6.45) is 2.69. The minimum atomic E-state index is -3.63. The Morgan fingerprint density at radius 3 is 2.49 bits per heavy atom. The average Bonchev–Trinajstić information content (AvgIpc) is 3.47. The van der Waals surface area contributed by atoms with Gasteiger partial charge in [-0.2, -0.15) is 4.31 Å². The Kier molecular flexibility index (Phi) is 5.08. The fourth-order valence-corrected chi connectivity index (χ4v) is 6.95. The second-order valence-electron chi connectivity index (χ2n) is 9.31. The monoisotopic (exact) mass is 489 g/mol. The summed E-state index contributed by atoms with van der Waals surface area (Å²) in [7, 11) is -3.63. The van der Waals surface area contributed by atoms with Crippen LogP contribution < -0.4 is 9.80 Å². The number of sulfonamides is 1. The van der Waals surface area contributed by atoms with E-state index >= 15 is 0 Å². The third-order valence-electron chi connectivity index (χ3n) is 7.13. The van der Waals surface area contributed by atoms with Gasteiger partial charge >= 0.3 is 0 Å². The van der Waals surface area contributed by atoms with E-state index in [0.717, 1.165) is 33.6 Å². The smallest absolute Gasteiger partial charge is 0.243 e. The third kappa shape index (κ3) is 3.49. The Hall–Kier alpha value is -3.43. The molecule has 4 heterocycles. The first-order valence-corrected chi connectivity index (χ1v) is 13.3. The van der Waals surface area contributed by atoms with E-state index in [9.17, 15) is 13.2 Å². The van der Waals surface area contributed by atoms with Crippen molar-refractivity contribution in [1.82, 2.24) is 13.7 Å². The zero-order valence-electron chi connectivity index (χ0n) is 19.8. The molecule has 180 valence electrons. The molecule has 2 aromatic heterocycles. The first-order valence-electron chi connectivity index (χ1n) is 11.9. The van der Waals surface area contributed by atoms with Gasteiger partial charge in [-0.05, 0) is 61.4 Å². The van der Waals surface area contributed by atoms with Crippen LogP contribution in [0.15, 0.2) is 65.7 Å². The molecule has 6 rings (SSSR count). The first-order chi connectivity index (χ1) is 16.8. The molecule has 0 unspecified atom stereocenters. The van der Waals surface area contributed by atoms with Gasteiger partial charge in [-0.1, -0.05) is 12.1 Å². The summed E-state index contributed by atoms with van der Waals surface area (Å²) in [5.74, 6) is 0.851. The van der Waals surface area contributed by atoms with E-state index in [2.05, 4.69) is 15.4 Å². The van der Waals surface area contributed by atoms with Gasteiger partial charge in [0.25, 0.3) is 0 Å². The lowest BCUT2D eigenvalue weighted by Gasteiger charge is -2.35. The summed E-state index contributed by atoms with van der Waals surface area (Å²) in [6.45, 7) is 5.42. The number of fused-ring (bicyclic) bond motifs is 4. The SMILES string of the molecule is CC(=O)N1c2ccc(S(=O)(=O)N3CCN(c4nc5ccccc5n5cccc45)CC3)cc2C[C@@H]1C. The summed E-state index contributed by atoms with van der Waals surface area (Å²) < 4.78 is 30.7. The minimum Gasteiger partial charge on any atom is -0.352 e. The fourth-order valence-electron chi connectivity index (χ4n) is 5.48. The van der Waals surface area contributed by atoms with Crippen LogP contribution in [0, 0.1) is 0 Å². The minimum absolute atomic E-state index is 0.0256. The Balaban J connectivity index is 1.25. The highest BCUT2D eigenvalue weighted by molar-refractivity contribution is 7.89. The van der Waals surface area contributed by atoms with Crippen LogP contribution in [0.5, 0.6) is 0 Å². The molecular formula is C26H27N5O3S. The molecular weight excluding hydrogens is 462 g/mol. The number of benzene rings is 2. The van der Waals surface area contributed by atoms with Gasteiger partial charge < -0.3 is 14.2 Å².